The first-order valence-corrected chi connectivity index (χ1v) is 7.06. The number of benzene rings is 1. The van der Waals surface area contributed by atoms with Crippen molar-refractivity contribution in [1.29, 1.82) is 0 Å². The van der Waals surface area contributed by atoms with Crippen LogP contribution in [-0.4, -0.2) is 30.9 Å². The third-order valence-corrected chi connectivity index (χ3v) is 3.57. The molecule has 0 aliphatic carbocycles. The van der Waals surface area contributed by atoms with Crippen LogP contribution < -0.4 is 5.32 Å². The zero-order valence-corrected chi connectivity index (χ0v) is 12.8. The number of anilines is 1. The summed E-state index contributed by atoms with van der Waals surface area (Å²) in [5.74, 6) is -0.532. The Morgan fingerprint density at radius 1 is 1.39 bits per heavy atom. The number of nitrogens with zero attached hydrogens (tertiary/aromatic N) is 4. The number of halogens is 2. The first kappa shape index (κ1) is 15.2. The average Bonchev–Trinajstić information content (AvgIpc) is 3.10. The molecule has 1 amide bonds. The number of rotatable bonds is 4. The van der Waals surface area contributed by atoms with Crippen molar-refractivity contribution in [2.24, 2.45) is 0 Å². The standard InChI is InChI=1S/C14H12ClFN6O/c1-8-11(13(23)19-14-17-7-18-20-14)12(15)22(21-8)6-9-2-4-10(16)5-3-9/h2-5,7H,6H2,1H3,(H2,17,18,19,20,23). The molecule has 0 fully saturated rings. The fourth-order valence-corrected chi connectivity index (χ4v) is 2.43. The number of carbonyl (C=O) groups excluding carboxylic acids is 1. The smallest absolute Gasteiger partial charge is 0.263 e. The largest absolute Gasteiger partial charge is 0.291 e. The molecule has 0 spiro atoms. The topological polar surface area (TPSA) is 88.5 Å². The van der Waals surface area contributed by atoms with Crippen LogP contribution in [0.3, 0.4) is 0 Å². The van der Waals surface area contributed by atoms with Crippen molar-refractivity contribution in [2.75, 3.05) is 5.32 Å². The van der Waals surface area contributed by atoms with Crippen LogP contribution in [0.4, 0.5) is 10.3 Å². The molecule has 0 radical (unpaired) electrons. The molecule has 0 saturated carbocycles. The van der Waals surface area contributed by atoms with Crippen LogP contribution in [0.2, 0.25) is 5.15 Å². The number of carbonyl (C=O) groups is 1. The zero-order valence-electron chi connectivity index (χ0n) is 12.0. The van der Waals surface area contributed by atoms with Crippen molar-refractivity contribution in [2.45, 2.75) is 13.5 Å². The molecule has 3 rings (SSSR count). The van der Waals surface area contributed by atoms with Gasteiger partial charge < -0.3 is 0 Å². The van der Waals surface area contributed by atoms with Gasteiger partial charge in [-0.15, -0.1) is 0 Å². The van der Waals surface area contributed by atoms with Crippen LogP contribution in [-0.2, 0) is 6.54 Å². The van der Waals surface area contributed by atoms with E-state index in [1.165, 1.54) is 23.1 Å². The fraction of sp³-hybridized carbons (Fsp3) is 0.143. The number of amides is 1. The van der Waals surface area contributed by atoms with Gasteiger partial charge in [-0.05, 0) is 24.6 Å². The molecule has 23 heavy (non-hydrogen) atoms. The van der Waals surface area contributed by atoms with Gasteiger partial charge in [-0.1, -0.05) is 23.7 Å². The van der Waals surface area contributed by atoms with E-state index in [9.17, 15) is 9.18 Å². The second-order valence-electron chi connectivity index (χ2n) is 4.82. The van der Waals surface area contributed by atoms with Crippen LogP contribution in [0.5, 0.6) is 0 Å². The maximum absolute atomic E-state index is 12.9. The third kappa shape index (κ3) is 3.21. The van der Waals surface area contributed by atoms with Crippen LogP contribution in [0.25, 0.3) is 0 Å². The van der Waals surface area contributed by atoms with Crippen molar-refractivity contribution in [1.82, 2.24) is 25.0 Å². The second kappa shape index (κ2) is 6.17. The first-order chi connectivity index (χ1) is 11.0. The summed E-state index contributed by atoms with van der Waals surface area (Å²) in [5, 5.41) is 13.2. The molecule has 0 aliphatic heterocycles. The molecule has 0 aliphatic rings. The van der Waals surface area contributed by atoms with E-state index in [0.717, 1.165) is 5.56 Å². The second-order valence-corrected chi connectivity index (χ2v) is 5.18. The molecule has 3 aromatic rings. The van der Waals surface area contributed by atoms with Gasteiger partial charge in [-0.25, -0.2) is 14.2 Å². The Morgan fingerprint density at radius 3 is 2.78 bits per heavy atom. The summed E-state index contributed by atoms with van der Waals surface area (Å²) in [7, 11) is 0. The van der Waals surface area contributed by atoms with E-state index < -0.39 is 5.91 Å². The van der Waals surface area contributed by atoms with E-state index in [-0.39, 0.29) is 22.5 Å². The number of aryl methyl sites for hydroxylation is 1. The highest BCUT2D eigenvalue weighted by Crippen LogP contribution is 2.21. The van der Waals surface area contributed by atoms with Gasteiger partial charge >= 0.3 is 0 Å². The molecule has 0 atom stereocenters. The Bertz CT molecular complexity index is 828. The molecule has 9 heteroatoms. The summed E-state index contributed by atoms with van der Waals surface area (Å²) in [5.41, 5.74) is 1.55. The van der Waals surface area contributed by atoms with E-state index >= 15 is 0 Å². The van der Waals surface area contributed by atoms with Crippen molar-refractivity contribution < 1.29 is 9.18 Å². The van der Waals surface area contributed by atoms with Crippen LogP contribution in [0, 0.1) is 12.7 Å². The Balaban J connectivity index is 1.84. The monoisotopic (exact) mass is 334 g/mol. The predicted octanol–water partition coefficient (Wildman–Crippen LogP) is 2.40. The molecule has 0 bridgehead atoms. The Morgan fingerprint density at radius 2 is 2.13 bits per heavy atom. The van der Waals surface area contributed by atoms with E-state index in [2.05, 4.69) is 25.6 Å². The molecule has 7 nitrogen and oxygen atoms in total. The molecule has 2 N–H and O–H groups in total. The highest BCUT2D eigenvalue weighted by atomic mass is 35.5. The lowest BCUT2D eigenvalue weighted by molar-refractivity contribution is 0.102. The summed E-state index contributed by atoms with van der Waals surface area (Å²) in [4.78, 5) is 16.1. The number of aromatic amines is 1. The quantitative estimate of drug-likeness (QED) is 0.766. The van der Waals surface area contributed by atoms with Gasteiger partial charge in [0.25, 0.3) is 5.91 Å². The normalized spacial score (nSPS) is 10.7. The molecule has 2 heterocycles. The Kier molecular flexibility index (Phi) is 4.07. The van der Waals surface area contributed by atoms with Gasteiger partial charge in [0.15, 0.2) is 0 Å². The predicted molar refractivity (Wildman–Crippen MR) is 81.8 cm³/mol. The van der Waals surface area contributed by atoms with Crippen LogP contribution >= 0.6 is 11.6 Å². The fourth-order valence-electron chi connectivity index (χ4n) is 2.11. The lowest BCUT2D eigenvalue weighted by atomic mass is 10.2. The SMILES string of the molecule is Cc1nn(Cc2ccc(F)cc2)c(Cl)c1C(=O)Nc1ncn[nH]1. The lowest BCUT2D eigenvalue weighted by Gasteiger charge is -2.04. The maximum Gasteiger partial charge on any atom is 0.263 e. The minimum Gasteiger partial charge on any atom is -0.291 e. The molecule has 118 valence electrons. The van der Waals surface area contributed by atoms with Gasteiger partial charge in [0, 0.05) is 0 Å². The molecular weight excluding hydrogens is 323 g/mol. The zero-order chi connectivity index (χ0) is 16.4. The van der Waals surface area contributed by atoms with Gasteiger partial charge in [-0.3, -0.25) is 10.1 Å². The van der Waals surface area contributed by atoms with Gasteiger partial charge in [0.05, 0.1) is 17.8 Å². The molecule has 0 saturated heterocycles. The van der Waals surface area contributed by atoms with Crippen molar-refractivity contribution in [3.63, 3.8) is 0 Å². The Hall–Kier alpha value is -2.74. The Labute approximate surface area is 135 Å². The summed E-state index contributed by atoms with van der Waals surface area (Å²) in [6, 6.07) is 5.99. The lowest BCUT2D eigenvalue weighted by Crippen LogP contribution is -2.14. The van der Waals surface area contributed by atoms with Gasteiger partial charge in [-0.2, -0.15) is 15.2 Å². The molecule has 2 aromatic heterocycles. The van der Waals surface area contributed by atoms with Gasteiger partial charge in [0.1, 0.15) is 17.3 Å². The van der Waals surface area contributed by atoms with E-state index in [4.69, 9.17) is 11.6 Å². The molecular formula is C14H12ClFN6O. The number of hydrogen-bond acceptors (Lipinski definition) is 4. The number of aromatic nitrogens is 5. The van der Waals surface area contributed by atoms with Gasteiger partial charge in [0.2, 0.25) is 5.95 Å². The number of H-pyrrole nitrogens is 1. The molecule has 1 aromatic carbocycles. The number of nitrogens with one attached hydrogen (secondary N) is 2. The molecule has 0 unspecified atom stereocenters. The van der Waals surface area contributed by atoms with E-state index in [1.54, 1.807) is 19.1 Å². The van der Waals surface area contributed by atoms with E-state index in [1.807, 2.05) is 0 Å². The summed E-state index contributed by atoms with van der Waals surface area (Å²) in [6.07, 6.45) is 1.28. The van der Waals surface area contributed by atoms with Crippen molar-refractivity contribution >= 4 is 23.5 Å². The minimum absolute atomic E-state index is 0.198. The summed E-state index contributed by atoms with van der Waals surface area (Å²) in [6.45, 7) is 2.01. The maximum atomic E-state index is 12.9. The summed E-state index contributed by atoms with van der Waals surface area (Å²) >= 11 is 6.27. The van der Waals surface area contributed by atoms with Crippen LogP contribution in [0.1, 0.15) is 21.6 Å². The average molecular weight is 335 g/mol. The van der Waals surface area contributed by atoms with Crippen molar-refractivity contribution in [3.8, 4) is 0 Å². The minimum atomic E-state index is -0.436. The third-order valence-electron chi connectivity index (χ3n) is 3.19. The first-order valence-electron chi connectivity index (χ1n) is 6.68. The van der Waals surface area contributed by atoms with Crippen molar-refractivity contribution in [3.05, 3.63) is 58.4 Å². The highest BCUT2D eigenvalue weighted by Gasteiger charge is 2.21. The number of hydrogen-bond donors (Lipinski definition) is 2. The van der Waals surface area contributed by atoms with E-state index in [0.29, 0.717) is 12.2 Å². The highest BCUT2D eigenvalue weighted by molar-refractivity contribution is 6.33. The van der Waals surface area contributed by atoms with Crippen LogP contribution in [0.15, 0.2) is 30.6 Å². The summed E-state index contributed by atoms with van der Waals surface area (Å²) < 4.78 is 14.4.